The second kappa shape index (κ2) is 9.03. The average molecular weight is 400 g/mol. The smallest absolute Gasteiger partial charge is 0.292 e. The van der Waals surface area contributed by atoms with Crippen molar-refractivity contribution in [2.24, 2.45) is 11.8 Å². The monoisotopic (exact) mass is 399 g/mol. The van der Waals surface area contributed by atoms with Gasteiger partial charge in [-0.15, -0.1) is 0 Å². The van der Waals surface area contributed by atoms with Gasteiger partial charge in [0.2, 0.25) is 0 Å². The number of nitrogens with zero attached hydrogens (tertiary/aromatic N) is 2. The van der Waals surface area contributed by atoms with Crippen LogP contribution in [0.15, 0.2) is 24.3 Å². The third-order valence-corrected chi connectivity index (χ3v) is 7.74. The van der Waals surface area contributed by atoms with Crippen LogP contribution in [0.5, 0.6) is 0 Å². The van der Waals surface area contributed by atoms with E-state index in [-0.39, 0.29) is 16.7 Å². The summed E-state index contributed by atoms with van der Waals surface area (Å²) in [5.74, 6) is 1.90. The minimum absolute atomic E-state index is 0.174. The maximum Gasteiger partial charge on any atom is 0.292 e. The molecule has 1 saturated heterocycles. The van der Waals surface area contributed by atoms with Gasteiger partial charge < -0.3 is 5.32 Å². The van der Waals surface area contributed by atoms with Crippen LogP contribution in [-0.2, 0) is 0 Å². The fourth-order valence-corrected chi connectivity index (χ4v) is 6.63. The Balaban J connectivity index is 1.44. The number of hydrogen-bond acceptors (Lipinski definition) is 4. The molecule has 1 aromatic rings. The molecule has 160 valence electrons. The molecular formula is C24H37N3O2. The van der Waals surface area contributed by atoms with Crippen molar-refractivity contribution in [3.63, 3.8) is 0 Å². The number of fused-ring (bicyclic) bond motifs is 2. The molecule has 3 fully saturated rings. The Morgan fingerprint density at radius 3 is 2.52 bits per heavy atom. The van der Waals surface area contributed by atoms with Crippen LogP contribution in [0.4, 0.5) is 11.4 Å². The summed E-state index contributed by atoms with van der Waals surface area (Å²) < 4.78 is 0. The quantitative estimate of drug-likeness (QED) is 0.471. The van der Waals surface area contributed by atoms with Crippen LogP contribution >= 0.6 is 0 Å². The zero-order chi connectivity index (χ0) is 20.4. The van der Waals surface area contributed by atoms with Gasteiger partial charge in [-0.2, -0.15) is 0 Å². The molecule has 5 nitrogen and oxygen atoms in total. The van der Waals surface area contributed by atoms with E-state index in [4.69, 9.17) is 0 Å². The highest BCUT2D eigenvalue weighted by Gasteiger charge is 2.40. The average Bonchev–Trinajstić information content (AvgIpc) is 2.68. The summed E-state index contributed by atoms with van der Waals surface area (Å²) in [6.45, 7) is 4.61. The molecule has 0 spiro atoms. The topological polar surface area (TPSA) is 58.4 Å². The van der Waals surface area contributed by atoms with E-state index in [9.17, 15) is 10.1 Å². The Hall–Kier alpha value is -1.62. The molecule has 5 atom stereocenters. The van der Waals surface area contributed by atoms with E-state index >= 15 is 0 Å². The molecule has 0 radical (unpaired) electrons. The van der Waals surface area contributed by atoms with Crippen molar-refractivity contribution >= 4 is 11.4 Å². The van der Waals surface area contributed by atoms with E-state index in [0.29, 0.717) is 17.8 Å². The Kier molecular flexibility index (Phi) is 6.43. The van der Waals surface area contributed by atoms with Crippen LogP contribution in [0.2, 0.25) is 0 Å². The molecule has 2 unspecified atom stereocenters. The van der Waals surface area contributed by atoms with Gasteiger partial charge in [-0.1, -0.05) is 37.8 Å². The zero-order valence-corrected chi connectivity index (χ0v) is 18.1. The van der Waals surface area contributed by atoms with E-state index in [0.717, 1.165) is 24.3 Å². The summed E-state index contributed by atoms with van der Waals surface area (Å²) in [6.07, 6.45) is 13.5. The normalized spacial score (nSPS) is 33.8. The second-order valence-corrected chi connectivity index (χ2v) is 9.96. The number of hydrogen-bond donors (Lipinski definition) is 1. The predicted molar refractivity (Wildman–Crippen MR) is 118 cm³/mol. The van der Waals surface area contributed by atoms with Gasteiger partial charge in [-0.3, -0.25) is 15.0 Å². The minimum atomic E-state index is -0.287. The molecule has 2 bridgehead atoms. The molecule has 0 amide bonds. The van der Waals surface area contributed by atoms with Crippen molar-refractivity contribution in [3.05, 3.63) is 34.4 Å². The number of nitro groups is 1. The molecule has 1 aliphatic heterocycles. The van der Waals surface area contributed by atoms with E-state index in [1.54, 1.807) is 12.1 Å². The Labute approximate surface area is 175 Å². The van der Waals surface area contributed by atoms with Crippen molar-refractivity contribution in [1.82, 2.24) is 4.90 Å². The molecule has 2 saturated carbocycles. The number of piperidine rings is 1. The zero-order valence-electron chi connectivity index (χ0n) is 18.1. The van der Waals surface area contributed by atoms with Gasteiger partial charge in [0.25, 0.3) is 5.69 Å². The first-order valence-electron chi connectivity index (χ1n) is 11.8. The highest BCUT2D eigenvalue weighted by atomic mass is 16.6. The summed E-state index contributed by atoms with van der Waals surface area (Å²) in [7, 11) is 0. The largest absolute Gasteiger partial charge is 0.377 e. The van der Waals surface area contributed by atoms with Crippen LogP contribution in [0.3, 0.4) is 0 Å². The standard InChI is InChI=1S/C24H37N3O2/c1-17(25-23-11-3-4-12-24(23)27(28)29)13-21-10-5-7-18(2)26(21)22-15-19-8-6-9-20(14-19)16-22/h3-4,11-12,17-22,25H,5-10,13-16H2,1-2H3/t17-,18+,19?,20?,21+,22?/m1/s1. The Bertz CT molecular complexity index is 697. The number of benzene rings is 1. The van der Waals surface area contributed by atoms with Gasteiger partial charge in [0.05, 0.1) is 4.92 Å². The second-order valence-electron chi connectivity index (χ2n) is 9.96. The van der Waals surface area contributed by atoms with Crippen LogP contribution in [0.1, 0.15) is 78.1 Å². The SMILES string of the molecule is C[C@H](C[C@@H]1CCC[C@H](C)N1C1CC2CCCC(C2)C1)Nc1ccccc1[N+](=O)[O-]. The van der Waals surface area contributed by atoms with E-state index in [2.05, 4.69) is 24.1 Å². The Morgan fingerprint density at radius 2 is 1.79 bits per heavy atom. The third kappa shape index (κ3) is 4.76. The van der Waals surface area contributed by atoms with Crippen molar-refractivity contribution in [1.29, 1.82) is 0 Å². The third-order valence-electron chi connectivity index (χ3n) is 7.74. The number of likely N-dealkylation sites (tertiary alicyclic amines) is 1. The first-order chi connectivity index (χ1) is 14.0. The van der Waals surface area contributed by atoms with Gasteiger partial charge in [-0.25, -0.2) is 0 Å². The van der Waals surface area contributed by atoms with E-state index in [1.165, 1.54) is 57.8 Å². The number of para-hydroxylation sites is 2. The van der Waals surface area contributed by atoms with Gasteiger partial charge in [-0.05, 0) is 70.3 Å². The summed E-state index contributed by atoms with van der Waals surface area (Å²) in [5.41, 5.74) is 0.820. The molecule has 1 N–H and O–H groups in total. The molecule has 1 aromatic carbocycles. The number of anilines is 1. The molecule has 29 heavy (non-hydrogen) atoms. The molecule has 4 rings (SSSR count). The molecular weight excluding hydrogens is 362 g/mol. The lowest BCUT2D eigenvalue weighted by molar-refractivity contribution is -0.384. The summed E-state index contributed by atoms with van der Waals surface area (Å²) in [5, 5.41) is 14.8. The lowest BCUT2D eigenvalue weighted by atomic mass is 9.69. The van der Waals surface area contributed by atoms with Crippen molar-refractivity contribution in [2.75, 3.05) is 5.32 Å². The number of rotatable bonds is 6. The van der Waals surface area contributed by atoms with Crippen LogP contribution in [0.25, 0.3) is 0 Å². The highest BCUT2D eigenvalue weighted by molar-refractivity contribution is 5.61. The van der Waals surface area contributed by atoms with Crippen molar-refractivity contribution in [3.8, 4) is 0 Å². The first-order valence-corrected chi connectivity index (χ1v) is 11.8. The minimum Gasteiger partial charge on any atom is -0.377 e. The van der Waals surface area contributed by atoms with Crippen molar-refractivity contribution < 1.29 is 4.92 Å². The number of nitrogens with one attached hydrogen (secondary N) is 1. The van der Waals surface area contributed by atoms with E-state index < -0.39 is 0 Å². The summed E-state index contributed by atoms with van der Waals surface area (Å²) in [6, 6.07) is 9.25. The van der Waals surface area contributed by atoms with Crippen LogP contribution < -0.4 is 5.32 Å². The van der Waals surface area contributed by atoms with Crippen molar-refractivity contribution in [2.45, 2.75) is 102 Å². The van der Waals surface area contributed by atoms with Gasteiger partial charge in [0.15, 0.2) is 0 Å². The number of nitro benzene ring substituents is 1. The van der Waals surface area contributed by atoms with Gasteiger partial charge >= 0.3 is 0 Å². The summed E-state index contributed by atoms with van der Waals surface area (Å²) >= 11 is 0. The maximum absolute atomic E-state index is 11.3. The fourth-order valence-electron chi connectivity index (χ4n) is 6.63. The Morgan fingerprint density at radius 1 is 1.10 bits per heavy atom. The molecule has 1 heterocycles. The lowest BCUT2D eigenvalue weighted by Crippen LogP contribution is -2.54. The highest BCUT2D eigenvalue weighted by Crippen LogP contribution is 2.44. The maximum atomic E-state index is 11.3. The van der Waals surface area contributed by atoms with Gasteiger partial charge in [0.1, 0.15) is 5.69 Å². The first kappa shape index (κ1) is 20.6. The molecule has 2 aliphatic carbocycles. The fraction of sp³-hybridized carbons (Fsp3) is 0.750. The lowest BCUT2D eigenvalue weighted by Gasteiger charge is -2.51. The van der Waals surface area contributed by atoms with Crippen LogP contribution in [-0.4, -0.2) is 34.0 Å². The van der Waals surface area contributed by atoms with Crippen LogP contribution in [0, 0.1) is 22.0 Å². The molecule has 5 heteroatoms. The molecule has 3 aliphatic rings. The predicted octanol–water partition coefficient (Wildman–Crippen LogP) is 6.00. The molecule has 0 aromatic heterocycles. The van der Waals surface area contributed by atoms with Gasteiger partial charge in [0, 0.05) is 30.2 Å². The summed E-state index contributed by atoms with van der Waals surface area (Å²) in [4.78, 5) is 13.9. The van der Waals surface area contributed by atoms with E-state index in [1.807, 2.05) is 12.1 Å².